The molecular formula is C13H17ClN2. The summed E-state index contributed by atoms with van der Waals surface area (Å²) in [5.74, 6) is 2.15. The van der Waals surface area contributed by atoms with Gasteiger partial charge in [0.1, 0.15) is 5.82 Å². The lowest BCUT2D eigenvalue weighted by atomic mass is 10.1. The van der Waals surface area contributed by atoms with E-state index in [2.05, 4.69) is 29.5 Å². The van der Waals surface area contributed by atoms with Gasteiger partial charge in [0.25, 0.3) is 0 Å². The van der Waals surface area contributed by atoms with Crippen LogP contribution < -0.4 is 0 Å². The van der Waals surface area contributed by atoms with E-state index in [-0.39, 0.29) is 0 Å². The fourth-order valence-electron chi connectivity index (χ4n) is 1.86. The first-order valence-electron chi connectivity index (χ1n) is 5.72. The van der Waals surface area contributed by atoms with Crippen LogP contribution in [0.25, 0.3) is 11.0 Å². The lowest BCUT2D eigenvalue weighted by Gasteiger charge is -2.09. The summed E-state index contributed by atoms with van der Waals surface area (Å²) in [5, 5.41) is 0. The number of fused-ring (bicyclic) bond motifs is 1. The Morgan fingerprint density at radius 3 is 2.75 bits per heavy atom. The molecular weight excluding hydrogens is 220 g/mol. The molecule has 0 aliphatic rings. The molecule has 1 heterocycles. The Morgan fingerprint density at radius 2 is 2.06 bits per heavy atom. The van der Waals surface area contributed by atoms with Gasteiger partial charge in [0.2, 0.25) is 0 Å². The lowest BCUT2D eigenvalue weighted by Crippen LogP contribution is -2.04. The molecule has 0 radical (unpaired) electrons. The fourth-order valence-corrected chi connectivity index (χ4v) is 2.07. The second kappa shape index (κ2) is 4.88. The highest BCUT2D eigenvalue weighted by atomic mass is 35.5. The van der Waals surface area contributed by atoms with Gasteiger partial charge in [0.05, 0.1) is 16.9 Å². The number of benzene rings is 1. The zero-order valence-electron chi connectivity index (χ0n) is 9.78. The number of nitrogens with zero attached hydrogens (tertiary/aromatic N) is 2. The van der Waals surface area contributed by atoms with Gasteiger partial charge in [0, 0.05) is 6.54 Å². The third kappa shape index (κ3) is 2.22. The Balaban J connectivity index is 2.39. The van der Waals surface area contributed by atoms with Crippen LogP contribution in [-0.2, 0) is 12.4 Å². The van der Waals surface area contributed by atoms with Crippen LogP contribution >= 0.6 is 11.6 Å². The Labute approximate surface area is 101 Å². The van der Waals surface area contributed by atoms with E-state index >= 15 is 0 Å². The maximum absolute atomic E-state index is 5.94. The van der Waals surface area contributed by atoms with Crippen LogP contribution in [-0.4, -0.2) is 9.55 Å². The highest BCUT2D eigenvalue weighted by molar-refractivity contribution is 6.16. The van der Waals surface area contributed by atoms with Crippen molar-refractivity contribution in [2.75, 3.05) is 0 Å². The molecule has 0 amide bonds. The smallest absolute Gasteiger partial charge is 0.124 e. The highest BCUT2D eigenvalue weighted by Gasteiger charge is 2.09. The summed E-state index contributed by atoms with van der Waals surface area (Å²) >= 11 is 5.94. The SMILES string of the molecule is CC(C)CCn1c(CCl)nc2ccccc21. The Hall–Kier alpha value is -1.02. The Kier molecular flexibility index (Phi) is 3.49. The molecule has 0 unspecified atom stereocenters. The molecule has 2 nitrogen and oxygen atoms in total. The van der Waals surface area contributed by atoms with Crippen LogP contribution in [0.3, 0.4) is 0 Å². The van der Waals surface area contributed by atoms with E-state index in [0.29, 0.717) is 11.8 Å². The van der Waals surface area contributed by atoms with E-state index in [0.717, 1.165) is 24.3 Å². The zero-order chi connectivity index (χ0) is 11.5. The van der Waals surface area contributed by atoms with Crippen LogP contribution in [0.15, 0.2) is 24.3 Å². The maximum atomic E-state index is 5.94. The van der Waals surface area contributed by atoms with Crippen LogP contribution in [0.1, 0.15) is 26.1 Å². The minimum Gasteiger partial charge on any atom is -0.327 e. The van der Waals surface area contributed by atoms with Gasteiger partial charge in [-0.25, -0.2) is 4.98 Å². The predicted octanol–water partition coefficient (Wildman–Crippen LogP) is 3.82. The molecule has 3 heteroatoms. The average molecular weight is 237 g/mol. The monoisotopic (exact) mass is 236 g/mol. The van der Waals surface area contributed by atoms with E-state index in [1.165, 1.54) is 5.52 Å². The summed E-state index contributed by atoms with van der Waals surface area (Å²) in [4.78, 5) is 4.54. The molecule has 0 N–H and O–H groups in total. The summed E-state index contributed by atoms with van der Waals surface area (Å²) in [6, 6.07) is 8.21. The van der Waals surface area contributed by atoms with Crippen molar-refractivity contribution in [1.82, 2.24) is 9.55 Å². The standard InChI is InChI=1S/C13H17ClN2/c1-10(2)7-8-16-12-6-4-3-5-11(12)15-13(16)9-14/h3-6,10H,7-9H2,1-2H3. The van der Waals surface area contributed by atoms with Gasteiger partial charge in [-0.3, -0.25) is 0 Å². The summed E-state index contributed by atoms with van der Waals surface area (Å²) in [6.07, 6.45) is 1.16. The van der Waals surface area contributed by atoms with Crippen molar-refractivity contribution in [3.8, 4) is 0 Å². The molecule has 0 aliphatic carbocycles. The molecule has 2 aromatic rings. The number of hydrogen-bond donors (Lipinski definition) is 0. The third-order valence-electron chi connectivity index (χ3n) is 2.78. The number of alkyl halides is 1. The van der Waals surface area contributed by atoms with Crippen molar-refractivity contribution < 1.29 is 0 Å². The van der Waals surface area contributed by atoms with Crippen LogP contribution in [0.4, 0.5) is 0 Å². The second-order valence-electron chi connectivity index (χ2n) is 4.48. The molecule has 0 bridgehead atoms. The van der Waals surface area contributed by atoms with Crippen LogP contribution in [0.2, 0.25) is 0 Å². The molecule has 16 heavy (non-hydrogen) atoms. The van der Waals surface area contributed by atoms with Crippen molar-refractivity contribution in [3.05, 3.63) is 30.1 Å². The van der Waals surface area contributed by atoms with E-state index in [4.69, 9.17) is 11.6 Å². The molecule has 0 saturated heterocycles. The first-order chi connectivity index (χ1) is 7.72. The van der Waals surface area contributed by atoms with E-state index in [1.54, 1.807) is 0 Å². The van der Waals surface area contributed by atoms with Gasteiger partial charge in [-0.05, 0) is 24.5 Å². The Morgan fingerprint density at radius 1 is 1.31 bits per heavy atom. The molecule has 2 rings (SSSR count). The molecule has 0 aliphatic heterocycles. The number of halogens is 1. The molecule has 86 valence electrons. The van der Waals surface area contributed by atoms with E-state index in [9.17, 15) is 0 Å². The number of hydrogen-bond acceptors (Lipinski definition) is 1. The summed E-state index contributed by atoms with van der Waals surface area (Å²) in [6.45, 7) is 5.47. The van der Waals surface area contributed by atoms with Crippen molar-refractivity contribution in [2.45, 2.75) is 32.7 Å². The number of imidazole rings is 1. The second-order valence-corrected chi connectivity index (χ2v) is 4.75. The number of para-hydroxylation sites is 2. The minimum absolute atomic E-state index is 0.479. The third-order valence-corrected chi connectivity index (χ3v) is 3.02. The first-order valence-corrected chi connectivity index (χ1v) is 6.26. The Bertz CT molecular complexity index is 474. The van der Waals surface area contributed by atoms with Crippen LogP contribution in [0, 0.1) is 5.92 Å². The van der Waals surface area contributed by atoms with Gasteiger partial charge in [0.15, 0.2) is 0 Å². The normalized spacial score (nSPS) is 11.5. The number of aromatic nitrogens is 2. The largest absolute Gasteiger partial charge is 0.327 e. The predicted molar refractivity (Wildman–Crippen MR) is 68.7 cm³/mol. The van der Waals surface area contributed by atoms with Gasteiger partial charge in [-0.15, -0.1) is 11.6 Å². The fraction of sp³-hybridized carbons (Fsp3) is 0.462. The average Bonchev–Trinajstić information content (AvgIpc) is 2.64. The van der Waals surface area contributed by atoms with Gasteiger partial charge >= 0.3 is 0 Å². The van der Waals surface area contributed by atoms with Gasteiger partial charge in [-0.1, -0.05) is 26.0 Å². The molecule has 0 atom stereocenters. The summed E-state index contributed by atoms with van der Waals surface area (Å²) in [7, 11) is 0. The quantitative estimate of drug-likeness (QED) is 0.738. The zero-order valence-corrected chi connectivity index (χ0v) is 10.5. The summed E-state index contributed by atoms with van der Waals surface area (Å²) in [5.41, 5.74) is 2.24. The first kappa shape index (κ1) is 11.5. The van der Waals surface area contributed by atoms with E-state index in [1.807, 2.05) is 18.2 Å². The number of rotatable bonds is 4. The molecule has 0 spiro atoms. The lowest BCUT2D eigenvalue weighted by molar-refractivity contribution is 0.516. The minimum atomic E-state index is 0.479. The van der Waals surface area contributed by atoms with Crippen molar-refractivity contribution >= 4 is 22.6 Å². The highest BCUT2D eigenvalue weighted by Crippen LogP contribution is 2.18. The topological polar surface area (TPSA) is 17.8 Å². The summed E-state index contributed by atoms with van der Waals surface area (Å²) < 4.78 is 2.24. The van der Waals surface area contributed by atoms with Crippen molar-refractivity contribution in [2.24, 2.45) is 5.92 Å². The molecule has 1 aromatic heterocycles. The maximum Gasteiger partial charge on any atom is 0.124 e. The van der Waals surface area contributed by atoms with Crippen molar-refractivity contribution in [1.29, 1.82) is 0 Å². The van der Waals surface area contributed by atoms with E-state index < -0.39 is 0 Å². The molecule has 0 fully saturated rings. The molecule has 0 saturated carbocycles. The number of aryl methyl sites for hydroxylation is 1. The van der Waals surface area contributed by atoms with Gasteiger partial charge in [-0.2, -0.15) is 0 Å². The van der Waals surface area contributed by atoms with Crippen molar-refractivity contribution in [3.63, 3.8) is 0 Å². The van der Waals surface area contributed by atoms with Gasteiger partial charge < -0.3 is 4.57 Å². The van der Waals surface area contributed by atoms with Crippen LogP contribution in [0.5, 0.6) is 0 Å². The molecule has 1 aromatic carbocycles.